The zero-order valence-electron chi connectivity index (χ0n) is 10.2. The van der Waals surface area contributed by atoms with Crippen molar-refractivity contribution in [3.8, 4) is 0 Å². The van der Waals surface area contributed by atoms with Crippen LogP contribution >= 0.6 is 0 Å². The number of aliphatic hydroxyl groups is 2. The lowest BCUT2D eigenvalue weighted by Gasteiger charge is -2.15. The lowest BCUT2D eigenvalue weighted by Crippen LogP contribution is -2.35. The maximum Gasteiger partial charge on any atom is 0.104 e. The highest BCUT2D eigenvalue weighted by Gasteiger charge is 2.06. The van der Waals surface area contributed by atoms with Gasteiger partial charge in [-0.05, 0) is 12.8 Å². The summed E-state index contributed by atoms with van der Waals surface area (Å²) in [5, 5.41) is 21.9. The van der Waals surface area contributed by atoms with Crippen LogP contribution in [-0.2, 0) is 0 Å². The summed E-state index contributed by atoms with van der Waals surface area (Å²) in [7, 11) is 0. The van der Waals surface area contributed by atoms with Crippen LogP contribution in [0.25, 0.3) is 0 Å². The van der Waals surface area contributed by atoms with E-state index in [1.807, 2.05) is 6.92 Å². The quantitative estimate of drug-likeness (QED) is 0.388. The van der Waals surface area contributed by atoms with E-state index in [4.69, 9.17) is 0 Å². The topological polar surface area (TPSA) is 52.5 Å². The molecule has 0 aromatic carbocycles. The Kier molecular flexibility index (Phi) is 10.3. The van der Waals surface area contributed by atoms with E-state index >= 15 is 0 Å². The molecule has 0 heterocycles. The summed E-state index contributed by atoms with van der Waals surface area (Å²) in [6.45, 7) is 4.72. The number of nitrogens with one attached hydrogen (secondary N) is 1. The molecule has 0 aromatic heterocycles. The number of unbranched alkanes of at least 4 members (excludes halogenated alkanes) is 3. The Morgan fingerprint density at radius 3 is 2.27 bits per heavy atom. The van der Waals surface area contributed by atoms with Gasteiger partial charge in [0.1, 0.15) is 6.23 Å². The Morgan fingerprint density at radius 1 is 0.933 bits per heavy atom. The van der Waals surface area contributed by atoms with Crippen molar-refractivity contribution in [3.05, 3.63) is 0 Å². The number of rotatable bonds is 10. The standard InChI is InChI=1S/C12H27NO2/c1-3-5-6-7-9-11(14)10-13-12(15)8-4-2/h11-15H,3-10H2,1-2H3. The van der Waals surface area contributed by atoms with Gasteiger partial charge in [0.15, 0.2) is 0 Å². The van der Waals surface area contributed by atoms with Gasteiger partial charge in [0.2, 0.25) is 0 Å². The second-order valence-corrected chi connectivity index (χ2v) is 4.22. The van der Waals surface area contributed by atoms with Crippen LogP contribution in [0.2, 0.25) is 0 Å². The zero-order valence-corrected chi connectivity index (χ0v) is 10.2. The van der Waals surface area contributed by atoms with Crippen LogP contribution in [0.15, 0.2) is 0 Å². The van der Waals surface area contributed by atoms with Crippen LogP contribution in [0.3, 0.4) is 0 Å². The minimum absolute atomic E-state index is 0.312. The van der Waals surface area contributed by atoms with Gasteiger partial charge in [-0.1, -0.05) is 46.0 Å². The molecule has 0 aliphatic rings. The minimum atomic E-state index is -0.458. The largest absolute Gasteiger partial charge is 0.392 e. The van der Waals surface area contributed by atoms with Gasteiger partial charge in [0.25, 0.3) is 0 Å². The Morgan fingerprint density at radius 2 is 1.67 bits per heavy atom. The van der Waals surface area contributed by atoms with Gasteiger partial charge in [0, 0.05) is 6.54 Å². The van der Waals surface area contributed by atoms with Crippen molar-refractivity contribution < 1.29 is 10.2 Å². The fourth-order valence-electron chi connectivity index (χ4n) is 1.56. The summed E-state index contributed by atoms with van der Waals surface area (Å²) < 4.78 is 0. The molecule has 2 unspecified atom stereocenters. The molecule has 0 aliphatic carbocycles. The molecule has 0 aromatic rings. The molecule has 3 N–H and O–H groups in total. The molecule has 0 spiro atoms. The van der Waals surface area contributed by atoms with E-state index in [-0.39, 0.29) is 6.10 Å². The molecule has 0 saturated carbocycles. The Hall–Kier alpha value is -0.120. The fraction of sp³-hybridized carbons (Fsp3) is 1.00. The first-order valence-electron chi connectivity index (χ1n) is 6.30. The molecule has 0 radical (unpaired) electrons. The molecule has 0 aliphatic heterocycles. The van der Waals surface area contributed by atoms with E-state index in [9.17, 15) is 10.2 Å². The van der Waals surface area contributed by atoms with Crippen LogP contribution in [0, 0.1) is 0 Å². The van der Waals surface area contributed by atoms with Gasteiger partial charge in [-0.25, -0.2) is 0 Å². The molecule has 0 rings (SSSR count). The van der Waals surface area contributed by atoms with Gasteiger partial charge in [0.05, 0.1) is 6.10 Å². The molecular formula is C12H27NO2. The van der Waals surface area contributed by atoms with E-state index < -0.39 is 6.23 Å². The Bertz CT molecular complexity index is 131. The van der Waals surface area contributed by atoms with Gasteiger partial charge >= 0.3 is 0 Å². The van der Waals surface area contributed by atoms with Crippen molar-refractivity contribution in [1.82, 2.24) is 5.32 Å². The molecule has 0 amide bonds. The maximum atomic E-state index is 9.59. The first-order chi connectivity index (χ1) is 7.20. The van der Waals surface area contributed by atoms with E-state index in [0.717, 1.165) is 25.7 Å². The highest BCUT2D eigenvalue weighted by atomic mass is 16.3. The number of hydrogen-bond acceptors (Lipinski definition) is 3. The Labute approximate surface area is 93.9 Å². The van der Waals surface area contributed by atoms with Gasteiger partial charge in [-0.15, -0.1) is 0 Å². The lowest BCUT2D eigenvalue weighted by molar-refractivity contribution is 0.0910. The lowest BCUT2D eigenvalue weighted by atomic mass is 10.1. The van der Waals surface area contributed by atoms with Crippen molar-refractivity contribution in [2.75, 3.05) is 6.54 Å². The van der Waals surface area contributed by atoms with Crippen molar-refractivity contribution in [1.29, 1.82) is 0 Å². The van der Waals surface area contributed by atoms with Crippen LogP contribution in [0.5, 0.6) is 0 Å². The van der Waals surface area contributed by atoms with E-state index in [0.29, 0.717) is 6.54 Å². The summed E-state index contributed by atoms with van der Waals surface area (Å²) in [6, 6.07) is 0. The highest BCUT2D eigenvalue weighted by Crippen LogP contribution is 2.05. The molecule has 15 heavy (non-hydrogen) atoms. The van der Waals surface area contributed by atoms with Crippen LogP contribution in [0.1, 0.15) is 58.8 Å². The third-order valence-electron chi connectivity index (χ3n) is 2.54. The predicted molar refractivity (Wildman–Crippen MR) is 63.7 cm³/mol. The van der Waals surface area contributed by atoms with Gasteiger partial charge < -0.3 is 10.2 Å². The second kappa shape index (κ2) is 10.4. The van der Waals surface area contributed by atoms with E-state index in [2.05, 4.69) is 12.2 Å². The number of hydrogen-bond donors (Lipinski definition) is 3. The average molecular weight is 217 g/mol. The van der Waals surface area contributed by atoms with Crippen LogP contribution < -0.4 is 5.32 Å². The van der Waals surface area contributed by atoms with Crippen molar-refractivity contribution in [2.24, 2.45) is 0 Å². The van der Waals surface area contributed by atoms with Gasteiger partial charge in [-0.3, -0.25) is 5.32 Å². The monoisotopic (exact) mass is 217 g/mol. The van der Waals surface area contributed by atoms with Crippen LogP contribution in [-0.4, -0.2) is 29.1 Å². The highest BCUT2D eigenvalue weighted by molar-refractivity contribution is 4.61. The zero-order chi connectivity index (χ0) is 11.5. The summed E-state index contributed by atoms with van der Waals surface area (Å²) in [5.74, 6) is 0. The summed E-state index contributed by atoms with van der Waals surface area (Å²) >= 11 is 0. The average Bonchev–Trinajstić information content (AvgIpc) is 2.22. The summed E-state index contributed by atoms with van der Waals surface area (Å²) in [5.41, 5.74) is 0. The van der Waals surface area contributed by atoms with Crippen molar-refractivity contribution in [2.45, 2.75) is 71.1 Å². The third-order valence-corrected chi connectivity index (χ3v) is 2.54. The second-order valence-electron chi connectivity index (χ2n) is 4.22. The molecule has 2 atom stereocenters. The maximum absolute atomic E-state index is 9.59. The van der Waals surface area contributed by atoms with E-state index in [1.54, 1.807) is 0 Å². The van der Waals surface area contributed by atoms with E-state index in [1.165, 1.54) is 19.3 Å². The molecule has 3 nitrogen and oxygen atoms in total. The fourth-order valence-corrected chi connectivity index (χ4v) is 1.56. The normalized spacial score (nSPS) is 15.2. The van der Waals surface area contributed by atoms with Crippen molar-refractivity contribution in [3.63, 3.8) is 0 Å². The first kappa shape index (κ1) is 14.9. The third kappa shape index (κ3) is 10.2. The molecular weight excluding hydrogens is 190 g/mol. The molecule has 0 bridgehead atoms. The molecule has 3 heteroatoms. The molecule has 92 valence electrons. The van der Waals surface area contributed by atoms with Crippen LogP contribution in [0.4, 0.5) is 0 Å². The van der Waals surface area contributed by atoms with Gasteiger partial charge in [-0.2, -0.15) is 0 Å². The summed E-state index contributed by atoms with van der Waals surface area (Å²) in [4.78, 5) is 0. The summed E-state index contributed by atoms with van der Waals surface area (Å²) in [6.07, 6.45) is 6.54. The SMILES string of the molecule is CCCCCCC(O)CNC(O)CCC. The smallest absolute Gasteiger partial charge is 0.104 e. The molecule has 0 fully saturated rings. The van der Waals surface area contributed by atoms with Crippen molar-refractivity contribution >= 4 is 0 Å². The Balaban J connectivity index is 3.28. The minimum Gasteiger partial charge on any atom is -0.392 e. The first-order valence-corrected chi connectivity index (χ1v) is 6.30. The number of aliphatic hydroxyl groups excluding tert-OH is 2. The molecule has 0 saturated heterocycles. The predicted octanol–water partition coefficient (Wildman–Crippen LogP) is 2.03.